The standard InChI is InChI=1S/C18H20N4OS/c1-2-15-4-3-5-16(14-15)20-17-6-7-19-18(21-17)24-13-10-22-8-11-23-12-9-22/h1,3-7,14H,8-13H2,(H,19,20,21). The zero-order valence-corrected chi connectivity index (χ0v) is 14.3. The lowest BCUT2D eigenvalue weighted by molar-refractivity contribution is 0.0410. The van der Waals surface area contributed by atoms with Crippen LogP contribution in [0.15, 0.2) is 41.7 Å². The number of ether oxygens (including phenoxy) is 1. The number of hydrogen-bond donors (Lipinski definition) is 1. The van der Waals surface area contributed by atoms with Gasteiger partial charge in [0.05, 0.1) is 13.2 Å². The monoisotopic (exact) mass is 340 g/mol. The lowest BCUT2D eigenvalue weighted by Crippen LogP contribution is -2.37. The lowest BCUT2D eigenvalue weighted by atomic mass is 10.2. The van der Waals surface area contributed by atoms with Gasteiger partial charge in [-0.05, 0) is 24.3 Å². The number of thioether (sulfide) groups is 1. The Balaban J connectivity index is 1.54. The molecule has 0 amide bonds. The van der Waals surface area contributed by atoms with Gasteiger partial charge in [-0.2, -0.15) is 0 Å². The van der Waals surface area contributed by atoms with E-state index in [-0.39, 0.29) is 0 Å². The molecule has 6 heteroatoms. The van der Waals surface area contributed by atoms with Crippen LogP contribution in [0.25, 0.3) is 0 Å². The Kier molecular flexibility index (Phi) is 6.07. The fraction of sp³-hybridized carbons (Fsp3) is 0.333. The van der Waals surface area contributed by atoms with E-state index in [0.29, 0.717) is 0 Å². The van der Waals surface area contributed by atoms with E-state index < -0.39 is 0 Å². The summed E-state index contributed by atoms with van der Waals surface area (Å²) >= 11 is 1.67. The second kappa shape index (κ2) is 8.69. The summed E-state index contributed by atoms with van der Waals surface area (Å²) in [6.07, 6.45) is 7.21. The zero-order valence-electron chi connectivity index (χ0n) is 13.4. The van der Waals surface area contributed by atoms with Crippen molar-refractivity contribution < 1.29 is 4.74 Å². The van der Waals surface area contributed by atoms with Gasteiger partial charge in [-0.25, -0.2) is 9.97 Å². The molecule has 5 nitrogen and oxygen atoms in total. The summed E-state index contributed by atoms with van der Waals surface area (Å²) in [5.41, 5.74) is 1.77. The first-order chi connectivity index (χ1) is 11.8. The van der Waals surface area contributed by atoms with Gasteiger partial charge in [0.2, 0.25) is 0 Å². The van der Waals surface area contributed by atoms with E-state index in [1.807, 2.05) is 30.3 Å². The fourth-order valence-corrected chi connectivity index (χ4v) is 3.24. The molecule has 2 aromatic rings. The second-order valence-corrected chi connectivity index (χ2v) is 6.44. The van der Waals surface area contributed by atoms with Crippen molar-refractivity contribution in [3.8, 4) is 12.3 Å². The van der Waals surface area contributed by atoms with E-state index >= 15 is 0 Å². The molecule has 124 valence electrons. The summed E-state index contributed by atoms with van der Waals surface area (Å²) in [7, 11) is 0. The number of nitrogens with one attached hydrogen (secondary N) is 1. The number of morpholine rings is 1. The third-order valence-electron chi connectivity index (χ3n) is 3.68. The van der Waals surface area contributed by atoms with Gasteiger partial charge in [-0.1, -0.05) is 23.7 Å². The highest BCUT2D eigenvalue weighted by Gasteiger charge is 2.10. The fourth-order valence-electron chi connectivity index (χ4n) is 2.41. The number of terminal acetylenes is 1. The number of hydrogen-bond acceptors (Lipinski definition) is 6. The van der Waals surface area contributed by atoms with Gasteiger partial charge in [-0.3, -0.25) is 4.90 Å². The van der Waals surface area contributed by atoms with Crippen LogP contribution in [-0.2, 0) is 4.74 Å². The molecule has 0 atom stereocenters. The molecule has 0 aliphatic carbocycles. The van der Waals surface area contributed by atoms with Gasteiger partial charge < -0.3 is 10.1 Å². The van der Waals surface area contributed by atoms with E-state index in [9.17, 15) is 0 Å². The van der Waals surface area contributed by atoms with Crippen molar-refractivity contribution in [1.82, 2.24) is 14.9 Å². The van der Waals surface area contributed by atoms with Gasteiger partial charge in [0.25, 0.3) is 0 Å². The minimum absolute atomic E-state index is 0.771. The maximum atomic E-state index is 5.43. The van der Waals surface area contributed by atoms with Crippen molar-refractivity contribution in [2.45, 2.75) is 5.16 Å². The topological polar surface area (TPSA) is 50.3 Å². The first-order valence-electron chi connectivity index (χ1n) is 7.93. The van der Waals surface area contributed by atoms with Gasteiger partial charge in [0.1, 0.15) is 5.82 Å². The predicted molar refractivity (Wildman–Crippen MR) is 97.7 cm³/mol. The molecule has 1 aromatic heterocycles. The van der Waals surface area contributed by atoms with Crippen molar-refractivity contribution >= 4 is 23.3 Å². The van der Waals surface area contributed by atoms with Crippen LogP contribution in [0.4, 0.5) is 11.5 Å². The molecule has 1 N–H and O–H groups in total. The molecule has 0 radical (unpaired) electrons. The Labute approximate surface area is 146 Å². The molecule has 0 unspecified atom stereocenters. The Bertz CT molecular complexity index is 710. The van der Waals surface area contributed by atoms with Crippen LogP contribution >= 0.6 is 11.8 Å². The highest BCUT2D eigenvalue weighted by atomic mass is 32.2. The molecule has 2 heterocycles. The number of anilines is 2. The molecule has 1 fully saturated rings. The maximum Gasteiger partial charge on any atom is 0.189 e. The summed E-state index contributed by atoms with van der Waals surface area (Å²) < 4.78 is 5.36. The van der Waals surface area contributed by atoms with E-state index in [4.69, 9.17) is 11.2 Å². The lowest BCUT2D eigenvalue weighted by Gasteiger charge is -2.26. The second-order valence-electron chi connectivity index (χ2n) is 5.38. The van der Waals surface area contributed by atoms with Crippen molar-refractivity contribution in [2.24, 2.45) is 0 Å². The predicted octanol–water partition coefficient (Wildman–Crippen LogP) is 2.63. The summed E-state index contributed by atoms with van der Waals surface area (Å²) in [5, 5.41) is 4.05. The SMILES string of the molecule is C#Cc1cccc(Nc2ccnc(SCCN3CCOCC3)n2)c1. The summed E-state index contributed by atoms with van der Waals surface area (Å²) in [6, 6.07) is 9.57. The van der Waals surface area contributed by atoms with Crippen LogP contribution in [0.5, 0.6) is 0 Å². The normalized spacial score (nSPS) is 15.0. The minimum Gasteiger partial charge on any atom is -0.379 e. The average molecular weight is 340 g/mol. The third kappa shape index (κ3) is 4.96. The summed E-state index contributed by atoms with van der Waals surface area (Å²) in [5.74, 6) is 4.37. The van der Waals surface area contributed by atoms with E-state index in [2.05, 4.69) is 26.1 Å². The molecule has 1 aromatic carbocycles. The van der Waals surface area contributed by atoms with Crippen LogP contribution in [-0.4, -0.2) is 53.5 Å². The van der Waals surface area contributed by atoms with Crippen molar-refractivity contribution in [2.75, 3.05) is 43.9 Å². The molecule has 0 saturated carbocycles. The molecular weight excluding hydrogens is 320 g/mol. The Morgan fingerprint density at radius 1 is 1.29 bits per heavy atom. The van der Waals surface area contributed by atoms with E-state index in [0.717, 1.165) is 60.8 Å². The third-order valence-corrected chi connectivity index (χ3v) is 4.52. The van der Waals surface area contributed by atoms with E-state index in [1.54, 1.807) is 18.0 Å². The van der Waals surface area contributed by atoms with Crippen LogP contribution in [0.3, 0.4) is 0 Å². The Morgan fingerprint density at radius 2 is 2.17 bits per heavy atom. The van der Waals surface area contributed by atoms with Gasteiger partial charge >= 0.3 is 0 Å². The Morgan fingerprint density at radius 3 is 3.00 bits per heavy atom. The van der Waals surface area contributed by atoms with Crippen molar-refractivity contribution in [3.63, 3.8) is 0 Å². The highest BCUT2D eigenvalue weighted by molar-refractivity contribution is 7.99. The zero-order chi connectivity index (χ0) is 16.6. The first kappa shape index (κ1) is 16.8. The molecule has 24 heavy (non-hydrogen) atoms. The number of aromatic nitrogens is 2. The number of rotatable bonds is 6. The smallest absolute Gasteiger partial charge is 0.189 e. The van der Waals surface area contributed by atoms with Gasteiger partial charge in [0.15, 0.2) is 5.16 Å². The molecule has 0 spiro atoms. The Hall–Kier alpha value is -2.07. The van der Waals surface area contributed by atoms with Crippen LogP contribution in [0, 0.1) is 12.3 Å². The van der Waals surface area contributed by atoms with E-state index in [1.165, 1.54) is 0 Å². The van der Waals surface area contributed by atoms with Gasteiger partial charge in [0, 0.05) is 42.8 Å². The molecule has 1 saturated heterocycles. The summed E-state index contributed by atoms with van der Waals surface area (Å²) in [6.45, 7) is 4.71. The minimum atomic E-state index is 0.771. The molecule has 3 rings (SSSR count). The van der Waals surface area contributed by atoms with Gasteiger partial charge in [-0.15, -0.1) is 6.42 Å². The molecule has 1 aliphatic heterocycles. The maximum absolute atomic E-state index is 5.43. The molecule has 0 bridgehead atoms. The first-order valence-corrected chi connectivity index (χ1v) is 8.92. The number of nitrogens with zero attached hydrogens (tertiary/aromatic N) is 3. The average Bonchev–Trinajstić information content (AvgIpc) is 2.63. The van der Waals surface area contributed by atoms with Crippen LogP contribution < -0.4 is 5.32 Å². The molecular formula is C18H20N4OS. The van der Waals surface area contributed by atoms with Crippen LogP contribution in [0.1, 0.15) is 5.56 Å². The van der Waals surface area contributed by atoms with Crippen LogP contribution in [0.2, 0.25) is 0 Å². The quantitative estimate of drug-likeness (QED) is 0.496. The van der Waals surface area contributed by atoms with Crippen molar-refractivity contribution in [1.29, 1.82) is 0 Å². The van der Waals surface area contributed by atoms with Crippen molar-refractivity contribution in [3.05, 3.63) is 42.1 Å². The highest BCUT2D eigenvalue weighted by Crippen LogP contribution is 2.19. The largest absolute Gasteiger partial charge is 0.379 e. The summed E-state index contributed by atoms with van der Waals surface area (Å²) in [4.78, 5) is 11.3. The number of benzene rings is 1. The molecule has 1 aliphatic rings.